The van der Waals surface area contributed by atoms with Crippen LogP contribution in [-0.4, -0.2) is 50.3 Å². The minimum atomic E-state index is -0.0928. The Kier molecular flexibility index (Phi) is 6.48. The second-order valence-corrected chi connectivity index (χ2v) is 8.02. The maximum absolute atomic E-state index is 12.4. The molecule has 0 radical (unpaired) electrons. The van der Waals surface area contributed by atoms with Gasteiger partial charge in [0.25, 0.3) is 5.91 Å². The number of carbonyl (C=O) groups excluding carboxylic acids is 2. The lowest BCUT2D eigenvalue weighted by Crippen LogP contribution is -2.27. The van der Waals surface area contributed by atoms with E-state index in [1.807, 2.05) is 45.9 Å². The number of carbonyl (C=O) groups is 2. The second-order valence-electron chi connectivity index (χ2n) is 7.08. The molecular weight excluding hydrogens is 402 g/mol. The quantitative estimate of drug-likeness (QED) is 0.558. The van der Waals surface area contributed by atoms with E-state index < -0.39 is 0 Å². The SMILES string of the molecule is O=C(CSc1nncn1Cc1ccco1)NCc1ccc(C(=O)N2CCCC2)cc1. The van der Waals surface area contributed by atoms with Gasteiger partial charge in [-0.05, 0) is 42.7 Å². The third kappa shape index (κ3) is 5.10. The summed E-state index contributed by atoms with van der Waals surface area (Å²) in [6, 6.07) is 11.1. The Hall–Kier alpha value is -3.07. The molecule has 1 aliphatic heterocycles. The Morgan fingerprint density at radius 1 is 1.13 bits per heavy atom. The van der Waals surface area contributed by atoms with Crippen molar-refractivity contribution in [2.24, 2.45) is 0 Å². The smallest absolute Gasteiger partial charge is 0.253 e. The Morgan fingerprint density at radius 2 is 1.93 bits per heavy atom. The number of nitrogens with zero attached hydrogens (tertiary/aromatic N) is 4. The van der Waals surface area contributed by atoms with Gasteiger partial charge >= 0.3 is 0 Å². The Labute approximate surface area is 178 Å². The molecule has 3 heterocycles. The standard InChI is InChI=1S/C21H23N5O3S/c27-19(14-30-21-24-23-15-26(21)13-18-4-3-11-29-18)22-12-16-5-7-17(8-6-16)20(28)25-9-1-2-10-25/h3-8,11,15H,1-2,9-10,12-14H2,(H,22,27). The van der Waals surface area contributed by atoms with Crippen LogP contribution in [0.3, 0.4) is 0 Å². The predicted octanol–water partition coefficient (Wildman–Crippen LogP) is 2.56. The van der Waals surface area contributed by atoms with Crippen LogP contribution in [0, 0.1) is 0 Å². The van der Waals surface area contributed by atoms with Crippen LogP contribution in [-0.2, 0) is 17.9 Å². The van der Waals surface area contributed by atoms with Crippen LogP contribution in [0.2, 0.25) is 0 Å². The van der Waals surface area contributed by atoms with Crippen molar-refractivity contribution >= 4 is 23.6 Å². The molecule has 0 spiro atoms. The van der Waals surface area contributed by atoms with Crippen LogP contribution < -0.4 is 5.32 Å². The average Bonchev–Trinajstić information content (AvgIpc) is 3.54. The number of aromatic nitrogens is 3. The van der Waals surface area contributed by atoms with Crippen LogP contribution in [0.5, 0.6) is 0 Å². The molecule has 4 rings (SSSR count). The van der Waals surface area contributed by atoms with Crippen LogP contribution in [0.4, 0.5) is 0 Å². The molecule has 2 amide bonds. The minimum absolute atomic E-state index is 0.0816. The first-order chi connectivity index (χ1) is 14.7. The summed E-state index contributed by atoms with van der Waals surface area (Å²) in [6.07, 6.45) is 5.39. The molecule has 30 heavy (non-hydrogen) atoms. The number of furan rings is 1. The molecule has 1 N–H and O–H groups in total. The fraction of sp³-hybridized carbons (Fsp3) is 0.333. The summed E-state index contributed by atoms with van der Waals surface area (Å²) in [5, 5.41) is 11.5. The van der Waals surface area contributed by atoms with E-state index in [1.165, 1.54) is 11.8 Å². The summed E-state index contributed by atoms with van der Waals surface area (Å²) in [4.78, 5) is 26.5. The molecule has 0 unspecified atom stereocenters. The van der Waals surface area contributed by atoms with E-state index in [-0.39, 0.29) is 17.6 Å². The van der Waals surface area contributed by atoms with Gasteiger partial charge in [0.05, 0.1) is 18.6 Å². The molecule has 2 aromatic heterocycles. The highest BCUT2D eigenvalue weighted by molar-refractivity contribution is 7.99. The molecule has 0 aliphatic carbocycles. The van der Waals surface area contributed by atoms with Gasteiger partial charge in [-0.1, -0.05) is 23.9 Å². The Balaban J connectivity index is 1.23. The summed E-state index contributed by atoms with van der Waals surface area (Å²) < 4.78 is 7.18. The maximum atomic E-state index is 12.4. The van der Waals surface area contributed by atoms with Gasteiger partial charge < -0.3 is 19.2 Å². The molecule has 3 aromatic rings. The molecule has 9 heteroatoms. The summed E-state index contributed by atoms with van der Waals surface area (Å²) in [7, 11) is 0. The molecule has 156 valence electrons. The lowest BCUT2D eigenvalue weighted by Gasteiger charge is -2.15. The van der Waals surface area contributed by atoms with E-state index >= 15 is 0 Å². The number of rotatable bonds is 8. The monoisotopic (exact) mass is 425 g/mol. The van der Waals surface area contributed by atoms with Gasteiger partial charge in [0.2, 0.25) is 5.91 Å². The van der Waals surface area contributed by atoms with Gasteiger partial charge in [0, 0.05) is 25.2 Å². The van der Waals surface area contributed by atoms with Gasteiger partial charge in [-0.3, -0.25) is 9.59 Å². The first kappa shape index (κ1) is 20.2. The Bertz CT molecular complexity index is 979. The van der Waals surface area contributed by atoms with Crippen molar-refractivity contribution < 1.29 is 14.0 Å². The molecular formula is C21H23N5O3S. The molecule has 1 aromatic carbocycles. The molecule has 0 bridgehead atoms. The molecule has 8 nitrogen and oxygen atoms in total. The van der Waals surface area contributed by atoms with Crippen LogP contribution in [0.1, 0.15) is 34.5 Å². The lowest BCUT2D eigenvalue weighted by atomic mass is 10.1. The highest BCUT2D eigenvalue weighted by atomic mass is 32.2. The highest BCUT2D eigenvalue weighted by Crippen LogP contribution is 2.17. The summed E-state index contributed by atoms with van der Waals surface area (Å²) in [6.45, 7) is 2.61. The van der Waals surface area contributed by atoms with Gasteiger partial charge in [-0.25, -0.2) is 0 Å². The first-order valence-corrected chi connectivity index (χ1v) is 10.9. The number of thioether (sulfide) groups is 1. The fourth-order valence-corrected chi connectivity index (χ4v) is 4.03. The molecule has 0 saturated carbocycles. The average molecular weight is 426 g/mol. The summed E-state index contributed by atoms with van der Waals surface area (Å²) in [5.74, 6) is 1.03. The predicted molar refractivity (Wildman–Crippen MR) is 112 cm³/mol. The zero-order chi connectivity index (χ0) is 20.8. The molecule has 0 atom stereocenters. The van der Waals surface area contributed by atoms with E-state index in [1.54, 1.807) is 12.6 Å². The van der Waals surface area contributed by atoms with Gasteiger partial charge in [-0.2, -0.15) is 0 Å². The largest absolute Gasteiger partial charge is 0.467 e. The van der Waals surface area contributed by atoms with Crippen molar-refractivity contribution in [2.75, 3.05) is 18.8 Å². The van der Waals surface area contributed by atoms with Crippen molar-refractivity contribution in [3.8, 4) is 0 Å². The number of amides is 2. The van der Waals surface area contributed by atoms with Crippen LogP contribution >= 0.6 is 11.8 Å². The number of hydrogen-bond acceptors (Lipinski definition) is 6. The number of hydrogen-bond donors (Lipinski definition) is 1. The summed E-state index contributed by atoms with van der Waals surface area (Å²) in [5.41, 5.74) is 1.64. The van der Waals surface area contributed by atoms with E-state index in [9.17, 15) is 9.59 Å². The second kappa shape index (κ2) is 9.62. The van der Waals surface area contributed by atoms with Crippen molar-refractivity contribution in [3.05, 3.63) is 65.9 Å². The van der Waals surface area contributed by atoms with E-state index in [4.69, 9.17) is 4.42 Å². The van der Waals surface area contributed by atoms with Crippen molar-refractivity contribution in [1.82, 2.24) is 25.0 Å². The topological polar surface area (TPSA) is 93.3 Å². The Morgan fingerprint density at radius 3 is 2.67 bits per heavy atom. The third-order valence-corrected chi connectivity index (χ3v) is 5.88. The maximum Gasteiger partial charge on any atom is 0.253 e. The van der Waals surface area contributed by atoms with E-state index in [0.717, 1.165) is 37.3 Å². The van der Waals surface area contributed by atoms with Crippen molar-refractivity contribution in [1.29, 1.82) is 0 Å². The van der Waals surface area contributed by atoms with Crippen LogP contribution in [0.15, 0.2) is 58.6 Å². The first-order valence-electron chi connectivity index (χ1n) is 9.87. The zero-order valence-corrected chi connectivity index (χ0v) is 17.3. The zero-order valence-electron chi connectivity index (χ0n) is 16.5. The van der Waals surface area contributed by atoms with E-state index in [2.05, 4.69) is 15.5 Å². The number of benzene rings is 1. The van der Waals surface area contributed by atoms with Crippen molar-refractivity contribution in [2.45, 2.75) is 31.1 Å². The molecule has 1 saturated heterocycles. The number of likely N-dealkylation sites (tertiary alicyclic amines) is 1. The third-order valence-electron chi connectivity index (χ3n) is 4.90. The van der Waals surface area contributed by atoms with Gasteiger partial charge in [0.15, 0.2) is 5.16 Å². The normalized spacial score (nSPS) is 13.5. The number of nitrogens with one attached hydrogen (secondary N) is 1. The lowest BCUT2D eigenvalue weighted by molar-refractivity contribution is -0.118. The minimum Gasteiger partial charge on any atom is -0.467 e. The summed E-state index contributed by atoms with van der Waals surface area (Å²) >= 11 is 1.32. The molecule has 1 aliphatic rings. The van der Waals surface area contributed by atoms with Gasteiger partial charge in [-0.15, -0.1) is 10.2 Å². The fourth-order valence-electron chi connectivity index (χ4n) is 3.28. The van der Waals surface area contributed by atoms with Crippen LogP contribution in [0.25, 0.3) is 0 Å². The van der Waals surface area contributed by atoms with Crippen molar-refractivity contribution in [3.63, 3.8) is 0 Å². The highest BCUT2D eigenvalue weighted by Gasteiger charge is 2.19. The van der Waals surface area contributed by atoms with Gasteiger partial charge in [0.1, 0.15) is 12.1 Å². The molecule has 1 fully saturated rings. The van der Waals surface area contributed by atoms with E-state index in [0.29, 0.717) is 23.8 Å².